The van der Waals surface area contributed by atoms with Gasteiger partial charge in [0.15, 0.2) is 11.5 Å². The second kappa shape index (κ2) is 9.15. The predicted octanol–water partition coefficient (Wildman–Crippen LogP) is 5.91. The van der Waals surface area contributed by atoms with Crippen LogP contribution in [0, 0.1) is 0 Å². The lowest BCUT2D eigenvalue weighted by Crippen LogP contribution is -1.96. The Morgan fingerprint density at radius 2 is 1.29 bits per heavy atom. The van der Waals surface area contributed by atoms with Crippen LogP contribution < -0.4 is 18.9 Å². The number of methoxy groups -OCH3 is 3. The van der Waals surface area contributed by atoms with Crippen molar-refractivity contribution in [1.29, 1.82) is 0 Å². The molecule has 5 nitrogen and oxygen atoms in total. The van der Waals surface area contributed by atoms with E-state index in [4.69, 9.17) is 30.5 Å². The van der Waals surface area contributed by atoms with E-state index in [1.165, 1.54) is 0 Å². The minimum Gasteiger partial charge on any atom is -0.493 e. The van der Waals surface area contributed by atoms with Gasteiger partial charge in [-0.1, -0.05) is 11.6 Å². The van der Waals surface area contributed by atoms with E-state index in [1.807, 2.05) is 48.5 Å². The van der Waals surface area contributed by atoms with Gasteiger partial charge >= 0.3 is 0 Å². The third-order valence-electron chi connectivity index (χ3n) is 3.94. The fraction of sp³-hybridized carbons (Fsp3) is 0.136. The molecule has 0 saturated carbocycles. The quantitative estimate of drug-likeness (QED) is 0.465. The first-order valence-corrected chi connectivity index (χ1v) is 8.88. The standard InChI is InChI=1S/C22H20ClNO4/c1-25-20-12-15(13-21(26-2)22(20)27-3)14-24-17-6-10-19(11-7-17)28-18-8-4-16(23)5-9-18/h4-14H,1-3H3. The van der Waals surface area contributed by atoms with Crippen molar-refractivity contribution in [1.82, 2.24) is 0 Å². The van der Waals surface area contributed by atoms with Crippen LogP contribution >= 0.6 is 11.6 Å². The fourth-order valence-corrected chi connectivity index (χ4v) is 2.69. The van der Waals surface area contributed by atoms with Gasteiger partial charge in [-0.25, -0.2) is 0 Å². The van der Waals surface area contributed by atoms with Crippen LogP contribution in [0.2, 0.25) is 5.02 Å². The van der Waals surface area contributed by atoms with Crippen LogP contribution in [-0.4, -0.2) is 27.5 Å². The summed E-state index contributed by atoms with van der Waals surface area (Å²) < 4.78 is 21.8. The van der Waals surface area contributed by atoms with Crippen LogP contribution in [0.3, 0.4) is 0 Å². The van der Waals surface area contributed by atoms with Gasteiger partial charge in [0.2, 0.25) is 5.75 Å². The predicted molar refractivity (Wildman–Crippen MR) is 111 cm³/mol. The first-order valence-electron chi connectivity index (χ1n) is 8.50. The third kappa shape index (κ3) is 4.75. The minimum atomic E-state index is 0.547. The first kappa shape index (κ1) is 19.6. The average molecular weight is 398 g/mol. The Bertz CT molecular complexity index is 928. The van der Waals surface area contributed by atoms with Gasteiger partial charge in [0, 0.05) is 16.8 Å². The Morgan fingerprint density at radius 3 is 1.79 bits per heavy atom. The highest BCUT2D eigenvalue weighted by Gasteiger charge is 2.12. The van der Waals surface area contributed by atoms with Gasteiger partial charge in [0.05, 0.1) is 27.0 Å². The van der Waals surface area contributed by atoms with Crippen LogP contribution in [-0.2, 0) is 0 Å². The van der Waals surface area contributed by atoms with Crippen molar-refractivity contribution in [3.8, 4) is 28.7 Å². The average Bonchev–Trinajstić information content (AvgIpc) is 2.74. The summed E-state index contributed by atoms with van der Waals surface area (Å²) in [5.41, 5.74) is 1.62. The lowest BCUT2D eigenvalue weighted by atomic mass is 10.2. The highest BCUT2D eigenvalue weighted by molar-refractivity contribution is 6.30. The molecule has 0 fully saturated rings. The monoisotopic (exact) mass is 397 g/mol. The summed E-state index contributed by atoms with van der Waals surface area (Å²) >= 11 is 5.88. The smallest absolute Gasteiger partial charge is 0.203 e. The van der Waals surface area contributed by atoms with E-state index in [0.29, 0.717) is 28.0 Å². The number of aliphatic imine (C=N–C) groups is 1. The molecular weight excluding hydrogens is 378 g/mol. The molecule has 0 heterocycles. The second-order valence-corrected chi connectivity index (χ2v) is 6.20. The van der Waals surface area contributed by atoms with Crippen LogP contribution in [0.25, 0.3) is 0 Å². The number of halogens is 1. The molecule has 0 N–H and O–H groups in total. The summed E-state index contributed by atoms with van der Waals surface area (Å²) in [7, 11) is 4.73. The van der Waals surface area contributed by atoms with Crippen molar-refractivity contribution in [2.75, 3.05) is 21.3 Å². The lowest BCUT2D eigenvalue weighted by molar-refractivity contribution is 0.324. The summed E-state index contributed by atoms with van der Waals surface area (Å²) in [5, 5.41) is 0.670. The van der Waals surface area contributed by atoms with Crippen molar-refractivity contribution in [2.24, 2.45) is 4.99 Å². The molecule has 6 heteroatoms. The van der Waals surface area contributed by atoms with Crippen molar-refractivity contribution >= 4 is 23.5 Å². The normalized spacial score (nSPS) is 10.7. The van der Waals surface area contributed by atoms with E-state index in [0.717, 1.165) is 17.0 Å². The van der Waals surface area contributed by atoms with Crippen molar-refractivity contribution in [2.45, 2.75) is 0 Å². The summed E-state index contributed by atoms with van der Waals surface area (Å²) in [4.78, 5) is 4.49. The molecular formula is C22H20ClNO4. The number of hydrogen-bond donors (Lipinski definition) is 0. The fourth-order valence-electron chi connectivity index (χ4n) is 2.56. The number of rotatable bonds is 7. The van der Waals surface area contributed by atoms with E-state index in [1.54, 1.807) is 39.7 Å². The molecule has 0 bridgehead atoms. The summed E-state index contributed by atoms with van der Waals surface area (Å²) in [6.07, 6.45) is 1.74. The van der Waals surface area contributed by atoms with E-state index in [9.17, 15) is 0 Å². The summed E-state index contributed by atoms with van der Waals surface area (Å²) in [6, 6.07) is 18.3. The second-order valence-electron chi connectivity index (χ2n) is 5.77. The molecule has 0 aliphatic carbocycles. The molecule has 0 unspecified atom stereocenters. The molecule has 144 valence electrons. The van der Waals surface area contributed by atoms with Gasteiger partial charge in [-0.2, -0.15) is 0 Å². The Balaban J connectivity index is 1.74. The largest absolute Gasteiger partial charge is 0.493 e. The van der Waals surface area contributed by atoms with Crippen LogP contribution in [0.4, 0.5) is 5.69 Å². The van der Waals surface area contributed by atoms with Gasteiger partial charge in [-0.3, -0.25) is 4.99 Å². The maximum atomic E-state index is 5.88. The number of nitrogens with zero attached hydrogens (tertiary/aromatic N) is 1. The highest BCUT2D eigenvalue weighted by atomic mass is 35.5. The van der Waals surface area contributed by atoms with Gasteiger partial charge in [-0.05, 0) is 60.7 Å². The Morgan fingerprint density at radius 1 is 0.750 bits per heavy atom. The Hall–Kier alpha value is -3.18. The molecule has 0 radical (unpaired) electrons. The molecule has 0 aliphatic rings. The maximum absolute atomic E-state index is 5.88. The van der Waals surface area contributed by atoms with E-state index in [2.05, 4.69) is 4.99 Å². The van der Waals surface area contributed by atoms with Crippen LogP contribution in [0.1, 0.15) is 5.56 Å². The molecule has 0 saturated heterocycles. The van der Waals surface area contributed by atoms with E-state index < -0.39 is 0 Å². The van der Waals surface area contributed by atoms with E-state index >= 15 is 0 Å². The molecule has 3 aromatic rings. The molecule has 0 aromatic heterocycles. The molecule has 28 heavy (non-hydrogen) atoms. The summed E-state index contributed by atoms with van der Waals surface area (Å²) in [5.74, 6) is 3.14. The lowest BCUT2D eigenvalue weighted by Gasteiger charge is -2.12. The zero-order chi connectivity index (χ0) is 19.9. The van der Waals surface area contributed by atoms with Gasteiger partial charge in [-0.15, -0.1) is 0 Å². The van der Waals surface area contributed by atoms with Crippen molar-refractivity contribution in [3.63, 3.8) is 0 Å². The highest BCUT2D eigenvalue weighted by Crippen LogP contribution is 2.37. The zero-order valence-electron chi connectivity index (χ0n) is 15.8. The number of benzene rings is 3. The van der Waals surface area contributed by atoms with Crippen molar-refractivity contribution in [3.05, 3.63) is 71.2 Å². The molecule has 3 aromatic carbocycles. The summed E-state index contributed by atoms with van der Waals surface area (Å²) in [6.45, 7) is 0. The Kier molecular flexibility index (Phi) is 6.40. The topological polar surface area (TPSA) is 49.3 Å². The number of hydrogen-bond acceptors (Lipinski definition) is 5. The van der Waals surface area contributed by atoms with Crippen LogP contribution in [0.15, 0.2) is 65.7 Å². The van der Waals surface area contributed by atoms with Crippen LogP contribution in [0.5, 0.6) is 28.7 Å². The molecule has 3 rings (SSSR count). The SMILES string of the molecule is COc1cc(C=Nc2ccc(Oc3ccc(Cl)cc3)cc2)cc(OC)c1OC. The molecule has 0 spiro atoms. The van der Waals surface area contributed by atoms with Gasteiger partial charge < -0.3 is 18.9 Å². The minimum absolute atomic E-state index is 0.547. The molecule has 0 aliphatic heterocycles. The van der Waals surface area contributed by atoms with Gasteiger partial charge in [0.1, 0.15) is 11.5 Å². The first-order chi connectivity index (χ1) is 13.6. The Labute approximate surface area is 169 Å². The number of ether oxygens (including phenoxy) is 4. The third-order valence-corrected chi connectivity index (χ3v) is 4.19. The molecule has 0 atom stereocenters. The van der Waals surface area contributed by atoms with Crippen molar-refractivity contribution < 1.29 is 18.9 Å². The van der Waals surface area contributed by atoms with E-state index in [-0.39, 0.29) is 0 Å². The molecule has 0 amide bonds. The maximum Gasteiger partial charge on any atom is 0.203 e. The zero-order valence-corrected chi connectivity index (χ0v) is 16.6. The van der Waals surface area contributed by atoms with Gasteiger partial charge in [0.25, 0.3) is 0 Å².